The fourth-order valence-electron chi connectivity index (χ4n) is 3.15. The maximum Gasteiger partial charge on any atom is 0.0942 e. The summed E-state index contributed by atoms with van der Waals surface area (Å²) >= 11 is 0. The highest BCUT2D eigenvalue weighted by Gasteiger charge is 2.33. The highest BCUT2D eigenvalue weighted by molar-refractivity contribution is 5.77. The Morgan fingerprint density at radius 2 is 2.29 bits per heavy atom. The Labute approximate surface area is 101 Å². The van der Waals surface area contributed by atoms with Crippen molar-refractivity contribution in [1.82, 2.24) is 5.32 Å². The van der Waals surface area contributed by atoms with E-state index in [0.29, 0.717) is 6.04 Å². The largest absolute Gasteiger partial charge is 0.382 e. The minimum absolute atomic E-state index is 0.277. The molecule has 0 aromatic heterocycles. The Morgan fingerprint density at radius 3 is 3.29 bits per heavy atom. The first-order chi connectivity index (χ1) is 8.43. The van der Waals surface area contributed by atoms with E-state index in [0.717, 1.165) is 26.1 Å². The molecular formula is C14H16N2O. The third kappa shape index (κ3) is 1.36. The van der Waals surface area contributed by atoms with Crippen LogP contribution in [0.4, 0.5) is 5.69 Å². The van der Waals surface area contributed by atoms with Gasteiger partial charge in [0.1, 0.15) is 0 Å². The average molecular weight is 228 g/mol. The molecule has 88 valence electrons. The van der Waals surface area contributed by atoms with Crippen molar-refractivity contribution >= 4 is 11.8 Å². The molecule has 1 saturated heterocycles. The Morgan fingerprint density at radius 1 is 1.29 bits per heavy atom. The molecule has 3 aliphatic rings. The molecule has 1 fully saturated rings. The second-order valence-corrected chi connectivity index (χ2v) is 4.93. The number of rotatable bonds is 0. The Hall–Kier alpha value is -1.32. The SMILES string of the molecule is C1=Cc2c(ccc3c2NCC2OCCNC32)C1. The van der Waals surface area contributed by atoms with E-state index in [2.05, 4.69) is 34.9 Å². The number of allylic oxidation sites excluding steroid dienone is 1. The van der Waals surface area contributed by atoms with Crippen molar-refractivity contribution in [1.29, 1.82) is 0 Å². The van der Waals surface area contributed by atoms with Crippen molar-refractivity contribution in [2.75, 3.05) is 25.0 Å². The number of benzene rings is 1. The standard InChI is InChI=1S/C14H16N2O/c1-2-9-4-5-11-13(10(9)3-1)16-8-12-14(11)15-6-7-17-12/h1,3-5,12,14-16H,2,6-8H2. The quantitative estimate of drug-likeness (QED) is 0.709. The number of hydrogen-bond donors (Lipinski definition) is 2. The average Bonchev–Trinajstić information content (AvgIpc) is 2.86. The molecule has 1 aromatic carbocycles. The number of hydrogen-bond acceptors (Lipinski definition) is 3. The van der Waals surface area contributed by atoms with Crippen molar-refractivity contribution in [3.63, 3.8) is 0 Å². The summed E-state index contributed by atoms with van der Waals surface area (Å²) < 4.78 is 5.82. The molecule has 0 saturated carbocycles. The smallest absolute Gasteiger partial charge is 0.0942 e. The Bertz CT molecular complexity index is 495. The van der Waals surface area contributed by atoms with E-state index in [1.807, 2.05) is 0 Å². The van der Waals surface area contributed by atoms with Gasteiger partial charge in [-0.25, -0.2) is 0 Å². The molecule has 0 bridgehead atoms. The molecule has 1 aromatic rings. The minimum atomic E-state index is 0.277. The summed E-state index contributed by atoms with van der Waals surface area (Å²) in [4.78, 5) is 0. The van der Waals surface area contributed by atoms with E-state index in [9.17, 15) is 0 Å². The van der Waals surface area contributed by atoms with Gasteiger partial charge in [-0.15, -0.1) is 0 Å². The van der Waals surface area contributed by atoms with Gasteiger partial charge in [0.05, 0.1) is 18.8 Å². The first-order valence-corrected chi connectivity index (χ1v) is 6.34. The third-order valence-electron chi connectivity index (χ3n) is 3.98. The van der Waals surface area contributed by atoms with Crippen LogP contribution in [0.25, 0.3) is 6.08 Å². The van der Waals surface area contributed by atoms with Crippen LogP contribution in [-0.2, 0) is 11.2 Å². The number of fused-ring (bicyclic) bond motifs is 5. The van der Waals surface area contributed by atoms with Crippen LogP contribution in [0.1, 0.15) is 22.7 Å². The maximum atomic E-state index is 5.82. The third-order valence-corrected chi connectivity index (χ3v) is 3.98. The van der Waals surface area contributed by atoms with E-state index in [-0.39, 0.29) is 6.10 Å². The highest BCUT2D eigenvalue weighted by atomic mass is 16.5. The van der Waals surface area contributed by atoms with Crippen LogP contribution >= 0.6 is 0 Å². The van der Waals surface area contributed by atoms with Gasteiger partial charge >= 0.3 is 0 Å². The molecule has 2 heterocycles. The van der Waals surface area contributed by atoms with E-state index in [1.54, 1.807) is 0 Å². The molecule has 3 heteroatoms. The number of nitrogens with one attached hydrogen (secondary N) is 2. The van der Waals surface area contributed by atoms with Gasteiger partial charge < -0.3 is 15.4 Å². The summed E-state index contributed by atoms with van der Waals surface area (Å²) in [5, 5.41) is 7.13. The van der Waals surface area contributed by atoms with Crippen LogP contribution in [0.2, 0.25) is 0 Å². The van der Waals surface area contributed by atoms with Crippen LogP contribution < -0.4 is 10.6 Å². The van der Waals surface area contributed by atoms with Crippen molar-refractivity contribution in [2.24, 2.45) is 0 Å². The lowest BCUT2D eigenvalue weighted by Crippen LogP contribution is -2.47. The van der Waals surface area contributed by atoms with Crippen LogP contribution in [0.3, 0.4) is 0 Å². The molecule has 2 aliphatic heterocycles. The highest BCUT2D eigenvalue weighted by Crippen LogP contribution is 2.38. The molecular weight excluding hydrogens is 212 g/mol. The molecule has 17 heavy (non-hydrogen) atoms. The summed E-state index contributed by atoms with van der Waals surface area (Å²) in [6.07, 6.45) is 5.83. The van der Waals surface area contributed by atoms with Crippen LogP contribution in [0.15, 0.2) is 18.2 Å². The molecule has 0 amide bonds. The van der Waals surface area contributed by atoms with Gasteiger partial charge in [0.2, 0.25) is 0 Å². The van der Waals surface area contributed by atoms with Gasteiger partial charge in [0, 0.05) is 24.3 Å². The monoisotopic (exact) mass is 228 g/mol. The van der Waals surface area contributed by atoms with E-state index in [1.165, 1.54) is 22.4 Å². The van der Waals surface area contributed by atoms with Crippen LogP contribution in [0.5, 0.6) is 0 Å². The topological polar surface area (TPSA) is 33.3 Å². The summed E-state index contributed by atoms with van der Waals surface area (Å²) in [5.41, 5.74) is 5.50. The van der Waals surface area contributed by atoms with Gasteiger partial charge in [0.25, 0.3) is 0 Å². The second-order valence-electron chi connectivity index (χ2n) is 4.93. The van der Waals surface area contributed by atoms with Gasteiger partial charge in [-0.05, 0) is 17.5 Å². The van der Waals surface area contributed by atoms with E-state index < -0.39 is 0 Å². The normalized spacial score (nSPS) is 29.2. The van der Waals surface area contributed by atoms with Crippen molar-refractivity contribution in [2.45, 2.75) is 18.6 Å². The molecule has 2 unspecified atom stereocenters. The van der Waals surface area contributed by atoms with Crippen molar-refractivity contribution < 1.29 is 4.74 Å². The lowest BCUT2D eigenvalue weighted by atomic mass is 9.90. The first-order valence-electron chi connectivity index (χ1n) is 6.34. The predicted molar refractivity (Wildman–Crippen MR) is 68.2 cm³/mol. The zero-order chi connectivity index (χ0) is 11.2. The predicted octanol–water partition coefficient (Wildman–Crippen LogP) is 1.71. The zero-order valence-electron chi connectivity index (χ0n) is 9.70. The van der Waals surface area contributed by atoms with Crippen molar-refractivity contribution in [3.05, 3.63) is 34.9 Å². The number of ether oxygens (including phenoxy) is 1. The molecule has 3 nitrogen and oxygen atoms in total. The molecule has 1 aliphatic carbocycles. The fraction of sp³-hybridized carbons (Fsp3) is 0.429. The van der Waals surface area contributed by atoms with Gasteiger partial charge in [-0.1, -0.05) is 24.3 Å². The minimum Gasteiger partial charge on any atom is -0.382 e. The van der Waals surface area contributed by atoms with Crippen LogP contribution in [0, 0.1) is 0 Å². The van der Waals surface area contributed by atoms with Gasteiger partial charge in [-0.3, -0.25) is 0 Å². The summed E-state index contributed by atoms with van der Waals surface area (Å²) in [7, 11) is 0. The van der Waals surface area contributed by atoms with Crippen molar-refractivity contribution in [3.8, 4) is 0 Å². The molecule has 4 rings (SSSR count). The Balaban J connectivity index is 1.83. The zero-order valence-corrected chi connectivity index (χ0v) is 9.70. The number of morpholine rings is 1. The summed E-state index contributed by atoms with van der Waals surface area (Å²) in [6, 6.07) is 4.88. The molecule has 2 atom stereocenters. The lowest BCUT2D eigenvalue weighted by Gasteiger charge is -2.39. The summed E-state index contributed by atoms with van der Waals surface area (Å²) in [5.74, 6) is 0. The maximum absolute atomic E-state index is 5.82. The lowest BCUT2D eigenvalue weighted by molar-refractivity contribution is 0.00150. The molecule has 0 radical (unpaired) electrons. The molecule has 2 N–H and O–H groups in total. The fourth-order valence-corrected chi connectivity index (χ4v) is 3.15. The van der Waals surface area contributed by atoms with Gasteiger partial charge in [0.15, 0.2) is 0 Å². The van der Waals surface area contributed by atoms with Gasteiger partial charge in [-0.2, -0.15) is 0 Å². The van der Waals surface area contributed by atoms with E-state index >= 15 is 0 Å². The Kier molecular flexibility index (Phi) is 2.04. The van der Waals surface area contributed by atoms with Crippen LogP contribution in [-0.4, -0.2) is 25.8 Å². The number of anilines is 1. The first kappa shape index (κ1) is 9.68. The van der Waals surface area contributed by atoms with E-state index in [4.69, 9.17) is 4.74 Å². The molecule has 0 spiro atoms. The second kappa shape index (κ2) is 3.59. The summed E-state index contributed by atoms with van der Waals surface area (Å²) in [6.45, 7) is 2.69.